The van der Waals surface area contributed by atoms with E-state index in [4.69, 9.17) is 28.7 Å². The fourth-order valence-electron chi connectivity index (χ4n) is 7.28. The molecule has 380 valence electrons. The maximum atomic E-state index is 14.6. The van der Waals surface area contributed by atoms with Crippen LogP contribution in [0.1, 0.15) is 72.1 Å². The van der Waals surface area contributed by atoms with E-state index in [1.165, 1.54) is 66.7 Å². The monoisotopic (exact) mass is 1020 g/mol. The van der Waals surface area contributed by atoms with Gasteiger partial charge in [-0.25, -0.2) is 13.2 Å². The molecule has 6 aromatic rings. The quantitative estimate of drug-likeness (QED) is 0.128. The molecular formula is C51H47B3F12O6. The lowest BCUT2D eigenvalue weighted by Gasteiger charge is -2.32. The predicted octanol–water partition coefficient (Wildman–Crippen LogP) is 11.8. The molecule has 0 amide bonds. The first-order chi connectivity index (χ1) is 33.1. The van der Waals surface area contributed by atoms with Gasteiger partial charge in [-0.2, -0.15) is 39.5 Å². The number of hydrogen-bond donors (Lipinski definition) is 2. The van der Waals surface area contributed by atoms with Gasteiger partial charge in [-0.05, 0) is 143 Å². The Morgan fingerprint density at radius 1 is 0.375 bits per heavy atom. The highest BCUT2D eigenvalue weighted by molar-refractivity contribution is 6.62. The Hall–Kier alpha value is -5.57. The van der Waals surface area contributed by atoms with Crippen LogP contribution in [0.4, 0.5) is 52.7 Å². The first-order valence-corrected chi connectivity index (χ1v) is 22.1. The van der Waals surface area contributed by atoms with Gasteiger partial charge >= 0.3 is 39.9 Å². The standard InChI is InChI=1S/2C19H19BF4O2.C13H9BF4O2/c2*1-17(2)18(3,4)26-20(25-17)15-9-8-13(11-16(15)21)12-6-5-7-14(10-12)19(22,23)24;15-12-7-9(4-5-11(12)14(19)20)8-2-1-3-10(6-8)13(16,17)18/h2*5-11H,1-4H3;1-7,19-20H. The Morgan fingerprint density at radius 2 is 0.639 bits per heavy atom. The number of alkyl halides is 9. The van der Waals surface area contributed by atoms with Crippen LogP contribution >= 0.6 is 0 Å². The average molecular weight is 1020 g/mol. The maximum Gasteiger partial charge on any atom is 0.497 e. The minimum Gasteiger partial charge on any atom is -0.423 e. The molecule has 72 heavy (non-hydrogen) atoms. The lowest BCUT2D eigenvalue weighted by atomic mass is 9.78. The molecule has 0 bridgehead atoms. The molecule has 0 atom stereocenters. The summed E-state index contributed by atoms with van der Waals surface area (Å²) in [5.41, 5.74) is -2.99. The van der Waals surface area contributed by atoms with Crippen molar-refractivity contribution in [3.05, 3.63) is 162 Å². The van der Waals surface area contributed by atoms with Crippen LogP contribution in [-0.2, 0) is 37.1 Å². The highest BCUT2D eigenvalue weighted by Gasteiger charge is 2.53. The van der Waals surface area contributed by atoms with E-state index >= 15 is 0 Å². The molecule has 2 heterocycles. The third-order valence-corrected chi connectivity index (χ3v) is 12.9. The van der Waals surface area contributed by atoms with Gasteiger partial charge in [-0.1, -0.05) is 72.8 Å². The minimum atomic E-state index is -4.48. The maximum absolute atomic E-state index is 14.6. The molecule has 0 aliphatic carbocycles. The van der Waals surface area contributed by atoms with Gasteiger partial charge in [-0.15, -0.1) is 0 Å². The molecule has 2 saturated heterocycles. The van der Waals surface area contributed by atoms with Crippen molar-refractivity contribution in [1.82, 2.24) is 0 Å². The van der Waals surface area contributed by atoms with Crippen molar-refractivity contribution in [3.63, 3.8) is 0 Å². The van der Waals surface area contributed by atoms with Crippen molar-refractivity contribution in [2.75, 3.05) is 0 Å². The Balaban J connectivity index is 0.000000178. The summed E-state index contributed by atoms with van der Waals surface area (Å²) in [7, 11) is -3.70. The molecular weight excluding hydrogens is 969 g/mol. The summed E-state index contributed by atoms with van der Waals surface area (Å²) in [6.07, 6.45) is -13.4. The van der Waals surface area contributed by atoms with Crippen LogP contribution in [0.3, 0.4) is 0 Å². The van der Waals surface area contributed by atoms with Crippen LogP contribution in [0.2, 0.25) is 0 Å². The lowest BCUT2D eigenvalue weighted by molar-refractivity contribution is -0.138. The van der Waals surface area contributed by atoms with Gasteiger partial charge in [0.15, 0.2) is 0 Å². The molecule has 0 aromatic heterocycles. The van der Waals surface area contributed by atoms with Crippen LogP contribution in [0.15, 0.2) is 127 Å². The van der Waals surface area contributed by atoms with Crippen molar-refractivity contribution in [2.45, 2.75) is 96.3 Å². The zero-order valence-corrected chi connectivity index (χ0v) is 39.9. The third-order valence-electron chi connectivity index (χ3n) is 12.9. The predicted molar refractivity (Wildman–Crippen MR) is 252 cm³/mol. The van der Waals surface area contributed by atoms with E-state index in [-0.39, 0.29) is 27.5 Å². The Morgan fingerprint density at radius 3 is 0.889 bits per heavy atom. The van der Waals surface area contributed by atoms with E-state index in [2.05, 4.69) is 0 Å². The van der Waals surface area contributed by atoms with Crippen LogP contribution in [-0.4, -0.2) is 53.8 Å². The van der Waals surface area contributed by atoms with Crippen LogP contribution in [0, 0.1) is 17.5 Å². The summed E-state index contributed by atoms with van der Waals surface area (Å²) in [6.45, 7) is 14.9. The first-order valence-electron chi connectivity index (χ1n) is 22.1. The van der Waals surface area contributed by atoms with Gasteiger partial charge in [0.25, 0.3) is 0 Å². The molecule has 2 aliphatic heterocycles. The molecule has 0 saturated carbocycles. The highest BCUT2D eigenvalue weighted by Crippen LogP contribution is 2.39. The number of halogens is 12. The number of hydrogen-bond acceptors (Lipinski definition) is 6. The normalized spacial score (nSPS) is 16.9. The van der Waals surface area contributed by atoms with Gasteiger partial charge in [0.1, 0.15) is 17.5 Å². The first kappa shape index (κ1) is 55.7. The summed E-state index contributed by atoms with van der Waals surface area (Å²) in [6, 6.07) is 26.0. The second-order valence-electron chi connectivity index (χ2n) is 19.0. The molecule has 0 spiro atoms. The van der Waals surface area contributed by atoms with Crippen molar-refractivity contribution in [2.24, 2.45) is 0 Å². The van der Waals surface area contributed by atoms with Crippen LogP contribution in [0.5, 0.6) is 0 Å². The molecule has 2 aliphatic rings. The van der Waals surface area contributed by atoms with Crippen molar-refractivity contribution >= 4 is 37.7 Å². The summed E-state index contributed by atoms with van der Waals surface area (Å²) < 4.78 is 181. The molecule has 2 N–H and O–H groups in total. The third kappa shape index (κ3) is 12.6. The van der Waals surface area contributed by atoms with Gasteiger partial charge in [0.2, 0.25) is 0 Å². The van der Waals surface area contributed by atoms with Gasteiger partial charge in [-0.3, -0.25) is 0 Å². The second-order valence-corrected chi connectivity index (χ2v) is 19.0. The van der Waals surface area contributed by atoms with Crippen LogP contribution in [0.25, 0.3) is 33.4 Å². The van der Waals surface area contributed by atoms with Gasteiger partial charge in [0.05, 0.1) is 39.1 Å². The molecule has 2 fully saturated rings. The van der Waals surface area contributed by atoms with E-state index in [0.29, 0.717) is 22.3 Å². The summed E-state index contributed by atoms with van der Waals surface area (Å²) in [5, 5.41) is 17.8. The fraction of sp³-hybridized carbons (Fsp3) is 0.294. The van der Waals surface area contributed by atoms with Crippen molar-refractivity contribution < 1.29 is 81.4 Å². The topological polar surface area (TPSA) is 77.4 Å². The van der Waals surface area contributed by atoms with E-state index < -0.39 is 96.4 Å². The zero-order chi connectivity index (χ0) is 53.6. The molecule has 21 heteroatoms. The molecule has 8 rings (SSSR count). The Labute approximate surface area is 409 Å². The molecule has 0 radical (unpaired) electrons. The molecule has 6 aromatic carbocycles. The van der Waals surface area contributed by atoms with E-state index in [9.17, 15) is 52.7 Å². The lowest BCUT2D eigenvalue weighted by Crippen LogP contribution is -2.41. The van der Waals surface area contributed by atoms with E-state index in [1.807, 2.05) is 55.4 Å². The fourth-order valence-corrected chi connectivity index (χ4v) is 7.28. The minimum absolute atomic E-state index is 0.192. The molecule has 6 nitrogen and oxygen atoms in total. The second kappa shape index (κ2) is 20.4. The Bertz CT molecular complexity index is 2730. The summed E-state index contributed by atoms with van der Waals surface area (Å²) in [5.74, 6) is -2.06. The van der Waals surface area contributed by atoms with Gasteiger partial charge in [0, 0.05) is 16.4 Å². The van der Waals surface area contributed by atoms with Crippen LogP contribution < -0.4 is 16.4 Å². The van der Waals surface area contributed by atoms with Crippen molar-refractivity contribution in [1.29, 1.82) is 0 Å². The summed E-state index contributed by atoms with van der Waals surface area (Å²) in [4.78, 5) is 0. The number of benzene rings is 6. The van der Waals surface area contributed by atoms with Crippen molar-refractivity contribution in [3.8, 4) is 33.4 Å². The largest absolute Gasteiger partial charge is 0.497 e. The van der Waals surface area contributed by atoms with E-state index in [1.54, 1.807) is 12.1 Å². The SMILES string of the molecule is CC1(C)OB(c2ccc(-c3cccc(C(F)(F)F)c3)cc2F)OC1(C)C.CC1(C)OB(c2ccc(-c3cccc(C(F)(F)F)c3)cc2F)OC1(C)C.OB(O)c1ccc(-c2cccc(C(F)(F)F)c2)cc1F. The smallest absolute Gasteiger partial charge is 0.423 e. The zero-order valence-electron chi connectivity index (χ0n) is 39.9. The highest BCUT2D eigenvalue weighted by atomic mass is 19.4. The summed E-state index contributed by atoms with van der Waals surface area (Å²) >= 11 is 0. The average Bonchev–Trinajstić information content (AvgIpc) is 3.64. The Kier molecular flexibility index (Phi) is 15.8. The van der Waals surface area contributed by atoms with Gasteiger partial charge < -0.3 is 28.7 Å². The number of rotatable bonds is 6. The van der Waals surface area contributed by atoms with E-state index in [0.717, 1.165) is 48.5 Å². The molecule has 0 unspecified atom stereocenters.